The molecule has 4 nitrogen and oxygen atoms in total. The summed E-state index contributed by atoms with van der Waals surface area (Å²) in [5, 5.41) is 2.81. The molecule has 0 fully saturated rings. The number of ether oxygens (including phenoxy) is 2. The van der Waals surface area contributed by atoms with Crippen molar-refractivity contribution < 1.29 is 18.7 Å². The normalized spacial score (nSPS) is 10.4. The Hall–Kier alpha value is -3.05. The van der Waals surface area contributed by atoms with Crippen LogP contribution in [0.15, 0.2) is 60.7 Å². The van der Waals surface area contributed by atoms with Gasteiger partial charge in [0.05, 0.1) is 30.5 Å². The Kier molecular flexibility index (Phi) is 5.62. The standard InChI is InChI=1S/C21H17ClFNO3/c1-26-19-11-17(23)18(12-20(19)27-2)24-21(25)15-10-14(8-9-16(15)22)13-6-4-3-5-7-13/h3-12H,1-2H3,(H,24,25). The van der Waals surface area contributed by atoms with E-state index >= 15 is 0 Å². The Morgan fingerprint density at radius 1 is 0.926 bits per heavy atom. The number of halogens is 2. The summed E-state index contributed by atoms with van der Waals surface area (Å²) in [6.07, 6.45) is 0. The molecule has 3 rings (SSSR count). The molecule has 0 aliphatic heterocycles. The number of amides is 1. The minimum atomic E-state index is -0.642. The topological polar surface area (TPSA) is 47.6 Å². The van der Waals surface area contributed by atoms with Crippen LogP contribution in [-0.2, 0) is 0 Å². The fraction of sp³-hybridized carbons (Fsp3) is 0.0952. The van der Waals surface area contributed by atoms with Crippen molar-refractivity contribution in [3.63, 3.8) is 0 Å². The first-order chi connectivity index (χ1) is 13.0. The maximum atomic E-state index is 14.3. The van der Waals surface area contributed by atoms with E-state index in [9.17, 15) is 9.18 Å². The summed E-state index contributed by atoms with van der Waals surface area (Å²) < 4.78 is 24.5. The molecule has 138 valence electrons. The van der Waals surface area contributed by atoms with Crippen LogP contribution < -0.4 is 14.8 Å². The molecule has 0 heterocycles. The Morgan fingerprint density at radius 2 is 1.59 bits per heavy atom. The summed E-state index contributed by atoms with van der Waals surface area (Å²) in [4.78, 5) is 12.7. The largest absolute Gasteiger partial charge is 0.493 e. The number of carbonyl (C=O) groups is 1. The van der Waals surface area contributed by atoms with Crippen molar-refractivity contribution in [1.82, 2.24) is 0 Å². The zero-order valence-corrected chi connectivity index (χ0v) is 15.5. The van der Waals surface area contributed by atoms with Crippen molar-refractivity contribution in [2.24, 2.45) is 0 Å². The van der Waals surface area contributed by atoms with E-state index in [-0.39, 0.29) is 22.0 Å². The monoisotopic (exact) mass is 385 g/mol. The van der Waals surface area contributed by atoms with Crippen molar-refractivity contribution in [3.8, 4) is 22.6 Å². The van der Waals surface area contributed by atoms with E-state index < -0.39 is 11.7 Å². The molecular formula is C21H17ClFNO3. The molecule has 1 N–H and O–H groups in total. The number of hydrogen-bond donors (Lipinski definition) is 1. The second kappa shape index (κ2) is 8.10. The van der Waals surface area contributed by atoms with Crippen LogP contribution in [-0.4, -0.2) is 20.1 Å². The van der Waals surface area contributed by atoms with Crippen LogP contribution in [0.1, 0.15) is 10.4 Å². The number of methoxy groups -OCH3 is 2. The Balaban J connectivity index is 1.93. The van der Waals surface area contributed by atoms with Gasteiger partial charge in [-0.1, -0.05) is 48.0 Å². The second-order valence-electron chi connectivity index (χ2n) is 5.70. The SMILES string of the molecule is COc1cc(F)c(NC(=O)c2cc(-c3ccccc3)ccc2Cl)cc1OC. The summed E-state index contributed by atoms with van der Waals surface area (Å²) >= 11 is 6.19. The van der Waals surface area contributed by atoms with Crippen molar-refractivity contribution in [1.29, 1.82) is 0 Å². The van der Waals surface area contributed by atoms with Crippen LogP contribution >= 0.6 is 11.6 Å². The third-order valence-electron chi connectivity index (χ3n) is 4.04. The van der Waals surface area contributed by atoms with Gasteiger partial charge in [0.15, 0.2) is 17.3 Å². The Morgan fingerprint density at radius 3 is 2.26 bits per heavy atom. The van der Waals surface area contributed by atoms with Crippen LogP contribution in [0, 0.1) is 5.82 Å². The van der Waals surface area contributed by atoms with E-state index in [0.29, 0.717) is 5.75 Å². The zero-order valence-electron chi connectivity index (χ0n) is 14.8. The molecule has 0 aliphatic rings. The molecule has 0 bridgehead atoms. The van der Waals surface area contributed by atoms with Gasteiger partial charge in [-0.25, -0.2) is 4.39 Å². The quantitative estimate of drug-likeness (QED) is 0.638. The molecular weight excluding hydrogens is 369 g/mol. The minimum Gasteiger partial charge on any atom is -0.493 e. The van der Waals surface area contributed by atoms with Gasteiger partial charge in [-0.05, 0) is 23.3 Å². The summed E-state index contributed by atoms with van der Waals surface area (Å²) in [7, 11) is 2.84. The van der Waals surface area contributed by atoms with Gasteiger partial charge >= 0.3 is 0 Å². The Bertz CT molecular complexity index is 977. The van der Waals surface area contributed by atoms with E-state index in [4.69, 9.17) is 21.1 Å². The average Bonchev–Trinajstić information content (AvgIpc) is 2.70. The lowest BCUT2D eigenvalue weighted by atomic mass is 10.0. The molecule has 0 aliphatic carbocycles. The molecule has 0 aromatic heterocycles. The van der Waals surface area contributed by atoms with E-state index in [0.717, 1.165) is 17.2 Å². The van der Waals surface area contributed by atoms with Crippen LogP contribution in [0.2, 0.25) is 5.02 Å². The van der Waals surface area contributed by atoms with Crippen LogP contribution in [0.25, 0.3) is 11.1 Å². The third-order valence-corrected chi connectivity index (χ3v) is 4.37. The summed E-state index contributed by atoms with van der Waals surface area (Å²) in [5.74, 6) is -0.629. The van der Waals surface area contributed by atoms with Crippen molar-refractivity contribution >= 4 is 23.2 Å². The molecule has 1 amide bonds. The van der Waals surface area contributed by atoms with E-state index in [1.54, 1.807) is 12.1 Å². The lowest BCUT2D eigenvalue weighted by Gasteiger charge is -2.13. The van der Waals surface area contributed by atoms with Gasteiger partial charge in [-0.3, -0.25) is 4.79 Å². The fourth-order valence-corrected chi connectivity index (χ4v) is 2.85. The van der Waals surface area contributed by atoms with Gasteiger partial charge in [0, 0.05) is 12.1 Å². The molecule has 0 saturated carbocycles. The molecule has 3 aromatic carbocycles. The predicted molar refractivity (Wildman–Crippen MR) is 104 cm³/mol. The third kappa shape index (κ3) is 4.04. The van der Waals surface area contributed by atoms with Crippen LogP contribution in [0.3, 0.4) is 0 Å². The van der Waals surface area contributed by atoms with Gasteiger partial charge in [0.25, 0.3) is 5.91 Å². The first-order valence-electron chi connectivity index (χ1n) is 8.11. The summed E-state index contributed by atoms with van der Waals surface area (Å²) in [6.45, 7) is 0. The van der Waals surface area contributed by atoms with Crippen molar-refractivity contribution in [3.05, 3.63) is 77.1 Å². The van der Waals surface area contributed by atoms with E-state index in [2.05, 4.69) is 5.32 Å². The maximum Gasteiger partial charge on any atom is 0.257 e. The number of hydrogen-bond acceptors (Lipinski definition) is 3. The van der Waals surface area contributed by atoms with E-state index in [1.807, 2.05) is 36.4 Å². The maximum absolute atomic E-state index is 14.3. The van der Waals surface area contributed by atoms with Gasteiger partial charge < -0.3 is 14.8 Å². The highest BCUT2D eigenvalue weighted by Gasteiger charge is 2.17. The van der Waals surface area contributed by atoms with Crippen molar-refractivity contribution in [2.45, 2.75) is 0 Å². The highest BCUT2D eigenvalue weighted by Crippen LogP contribution is 2.33. The lowest BCUT2D eigenvalue weighted by Crippen LogP contribution is -2.14. The molecule has 0 atom stereocenters. The number of nitrogens with one attached hydrogen (secondary N) is 1. The van der Waals surface area contributed by atoms with Crippen molar-refractivity contribution in [2.75, 3.05) is 19.5 Å². The predicted octanol–water partition coefficient (Wildman–Crippen LogP) is 5.42. The van der Waals surface area contributed by atoms with E-state index in [1.165, 1.54) is 20.3 Å². The number of rotatable bonds is 5. The smallest absolute Gasteiger partial charge is 0.257 e. The Labute approximate surface area is 161 Å². The van der Waals surface area contributed by atoms with Gasteiger partial charge in [0.2, 0.25) is 0 Å². The van der Waals surface area contributed by atoms with Gasteiger partial charge in [0.1, 0.15) is 0 Å². The second-order valence-corrected chi connectivity index (χ2v) is 6.11. The molecule has 0 unspecified atom stereocenters. The molecule has 0 radical (unpaired) electrons. The zero-order chi connectivity index (χ0) is 19.4. The van der Waals surface area contributed by atoms with Crippen LogP contribution in [0.4, 0.5) is 10.1 Å². The average molecular weight is 386 g/mol. The molecule has 0 saturated heterocycles. The fourth-order valence-electron chi connectivity index (χ4n) is 2.65. The van der Waals surface area contributed by atoms with Crippen LogP contribution in [0.5, 0.6) is 11.5 Å². The molecule has 0 spiro atoms. The summed E-state index contributed by atoms with van der Waals surface area (Å²) in [6, 6.07) is 17.2. The first kappa shape index (κ1) is 18.7. The lowest BCUT2D eigenvalue weighted by molar-refractivity contribution is 0.102. The molecule has 27 heavy (non-hydrogen) atoms. The molecule has 3 aromatic rings. The van der Waals surface area contributed by atoms with Gasteiger partial charge in [-0.2, -0.15) is 0 Å². The highest BCUT2D eigenvalue weighted by molar-refractivity contribution is 6.34. The van der Waals surface area contributed by atoms with Gasteiger partial charge in [-0.15, -0.1) is 0 Å². The minimum absolute atomic E-state index is 0.0289. The molecule has 6 heteroatoms. The first-order valence-corrected chi connectivity index (χ1v) is 8.49. The number of benzene rings is 3. The summed E-state index contributed by atoms with van der Waals surface area (Å²) in [5.41, 5.74) is 1.99. The number of anilines is 1. The highest BCUT2D eigenvalue weighted by atomic mass is 35.5. The number of carbonyl (C=O) groups excluding carboxylic acids is 1.